The predicted molar refractivity (Wildman–Crippen MR) is 123 cm³/mol. The van der Waals surface area contributed by atoms with Crippen molar-refractivity contribution in [1.29, 1.82) is 0 Å². The fourth-order valence-electron chi connectivity index (χ4n) is 3.76. The molecule has 3 rings (SSSR count). The number of hydrogen-bond acceptors (Lipinski definition) is 6. The monoisotopic (exact) mass is 461 g/mol. The minimum atomic E-state index is -3.81. The van der Waals surface area contributed by atoms with Gasteiger partial charge in [-0.05, 0) is 58.8 Å². The molecule has 0 radical (unpaired) electrons. The lowest BCUT2D eigenvalue weighted by Gasteiger charge is -2.30. The van der Waals surface area contributed by atoms with E-state index in [4.69, 9.17) is 9.26 Å². The van der Waals surface area contributed by atoms with E-state index in [2.05, 4.69) is 10.5 Å². The van der Waals surface area contributed by atoms with Gasteiger partial charge in [0.2, 0.25) is 15.9 Å². The van der Waals surface area contributed by atoms with Gasteiger partial charge in [-0.1, -0.05) is 23.4 Å². The lowest BCUT2D eigenvalue weighted by molar-refractivity contribution is -0.126. The Balaban J connectivity index is 1.79. The van der Waals surface area contributed by atoms with Gasteiger partial charge in [0.25, 0.3) is 0 Å². The number of carbonyl (C=O) groups excluding carboxylic acids is 1. The summed E-state index contributed by atoms with van der Waals surface area (Å²) in [4.78, 5) is 12.3. The van der Waals surface area contributed by atoms with Gasteiger partial charge in [0, 0.05) is 30.6 Å². The summed E-state index contributed by atoms with van der Waals surface area (Å²) >= 11 is 0. The molecule has 1 fully saturated rings. The molecule has 2 aromatic rings. The molecule has 1 aromatic carbocycles. The normalized spacial score (nSPS) is 16.0. The van der Waals surface area contributed by atoms with E-state index >= 15 is 0 Å². The van der Waals surface area contributed by atoms with Gasteiger partial charge in [0.15, 0.2) is 10.7 Å². The molecule has 1 saturated heterocycles. The molecule has 8 nitrogen and oxygen atoms in total. The van der Waals surface area contributed by atoms with Gasteiger partial charge >= 0.3 is 0 Å². The number of carbonyl (C=O) groups is 1. The number of aryl methyl sites for hydroxylation is 1. The summed E-state index contributed by atoms with van der Waals surface area (Å²) in [5.74, 6) is 0.679. The van der Waals surface area contributed by atoms with Crippen molar-refractivity contribution in [2.24, 2.45) is 5.92 Å². The quantitative estimate of drug-likeness (QED) is 0.646. The van der Waals surface area contributed by atoms with Crippen LogP contribution in [0.4, 0.5) is 0 Å². The SMILES string of the molecule is CCOc1ccccc1C=Cc1onc(C)c1S(=O)(=O)N1CCC(C(=O)NC(C)C)CC1. The van der Waals surface area contributed by atoms with E-state index in [0.717, 1.165) is 5.56 Å². The number of rotatable bonds is 8. The van der Waals surface area contributed by atoms with Crippen molar-refractivity contribution >= 4 is 28.1 Å². The zero-order valence-electron chi connectivity index (χ0n) is 19.0. The molecule has 0 spiro atoms. The number of benzene rings is 1. The smallest absolute Gasteiger partial charge is 0.248 e. The molecule has 174 valence electrons. The number of aromatic nitrogens is 1. The molecular formula is C23H31N3O5S. The average Bonchev–Trinajstić information content (AvgIpc) is 3.14. The van der Waals surface area contributed by atoms with Gasteiger partial charge in [0.1, 0.15) is 11.4 Å². The van der Waals surface area contributed by atoms with E-state index in [9.17, 15) is 13.2 Å². The van der Waals surface area contributed by atoms with Crippen molar-refractivity contribution < 1.29 is 22.5 Å². The Hall–Kier alpha value is -2.65. The van der Waals surface area contributed by atoms with Crippen molar-refractivity contribution in [2.75, 3.05) is 19.7 Å². The first-order chi connectivity index (χ1) is 15.2. The lowest BCUT2D eigenvalue weighted by Crippen LogP contribution is -2.44. The minimum Gasteiger partial charge on any atom is -0.493 e. The number of nitrogens with zero attached hydrogens (tertiary/aromatic N) is 2. The first kappa shape index (κ1) is 24.0. The maximum atomic E-state index is 13.4. The van der Waals surface area contributed by atoms with Crippen molar-refractivity contribution in [3.8, 4) is 5.75 Å². The van der Waals surface area contributed by atoms with E-state index in [1.54, 1.807) is 19.1 Å². The summed E-state index contributed by atoms with van der Waals surface area (Å²) in [6.07, 6.45) is 4.32. The Bertz CT molecular complexity index is 1070. The summed E-state index contributed by atoms with van der Waals surface area (Å²) in [7, 11) is -3.81. The molecule has 9 heteroatoms. The Labute approximate surface area is 189 Å². The van der Waals surface area contributed by atoms with Gasteiger partial charge in [0.05, 0.1) is 6.61 Å². The van der Waals surface area contributed by atoms with E-state index in [-0.39, 0.29) is 41.6 Å². The zero-order valence-corrected chi connectivity index (χ0v) is 19.8. The number of para-hydroxylation sites is 1. The van der Waals surface area contributed by atoms with Crippen molar-refractivity contribution in [3.63, 3.8) is 0 Å². The second-order valence-corrected chi connectivity index (χ2v) is 9.98. The Kier molecular flexibility index (Phi) is 7.73. The molecule has 0 unspecified atom stereocenters. The van der Waals surface area contributed by atoms with Crippen LogP contribution in [-0.2, 0) is 14.8 Å². The van der Waals surface area contributed by atoms with Crippen LogP contribution >= 0.6 is 0 Å². The van der Waals surface area contributed by atoms with Crippen LogP contribution in [0.25, 0.3) is 12.2 Å². The van der Waals surface area contributed by atoms with Gasteiger partial charge in [-0.25, -0.2) is 8.42 Å². The maximum absolute atomic E-state index is 13.4. The van der Waals surface area contributed by atoms with Crippen LogP contribution in [0.3, 0.4) is 0 Å². The van der Waals surface area contributed by atoms with Crippen LogP contribution in [0.15, 0.2) is 33.7 Å². The fourth-order valence-corrected chi connectivity index (χ4v) is 5.48. The summed E-state index contributed by atoms with van der Waals surface area (Å²) in [6, 6.07) is 7.55. The van der Waals surface area contributed by atoms with E-state index in [1.807, 2.05) is 45.0 Å². The van der Waals surface area contributed by atoms with Gasteiger partial charge in [-0.3, -0.25) is 4.79 Å². The van der Waals surface area contributed by atoms with Crippen molar-refractivity contribution in [2.45, 2.75) is 51.5 Å². The molecule has 2 heterocycles. The van der Waals surface area contributed by atoms with Crippen LogP contribution < -0.4 is 10.1 Å². The largest absolute Gasteiger partial charge is 0.493 e. The highest BCUT2D eigenvalue weighted by Gasteiger charge is 2.36. The lowest BCUT2D eigenvalue weighted by atomic mass is 9.97. The zero-order chi connectivity index (χ0) is 23.3. The van der Waals surface area contributed by atoms with Gasteiger partial charge < -0.3 is 14.6 Å². The third-order valence-electron chi connectivity index (χ3n) is 5.32. The fraction of sp³-hybridized carbons (Fsp3) is 0.478. The van der Waals surface area contributed by atoms with Crippen LogP contribution in [0.5, 0.6) is 5.75 Å². The van der Waals surface area contributed by atoms with Crippen molar-refractivity contribution in [1.82, 2.24) is 14.8 Å². The molecular weight excluding hydrogens is 430 g/mol. The molecule has 0 saturated carbocycles. The second-order valence-electron chi connectivity index (χ2n) is 8.11. The summed E-state index contributed by atoms with van der Waals surface area (Å²) in [6.45, 7) is 8.42. The topological polar surface area (TPSA) is 102 Å². The maximum Gasteiger partial charge on any atom is 0.248 e. The predicted octanol–water partition coefficient (Wildman–Crippen LogP) is 3.48. The number of ether oxygens (including phenoxy) is 1. The van der Waals surface area contributed by atoms with E-state index in [1.165, 1.54) is 4.31 Å². The molecule has 32 heavy (non-hydrogen) atoms. The molecule has 0 atom stereocenters. The number of hydrogen-bond donors (Lipinski definition) is 1. The second kappa shape index (κ2) is 10.3. The molecule has 0 aliphatic carbocycles. The Morgan fingerprint density at radius 1 is 1.28 bits per heavy atom. The summed E-state index contributed by atoms with van der Waals surface area (Å²) in [5, 5.41) is 6.80. The number of sulfonamides is 1. The van der Waals surface area contributed by atoms with Crippen LogP contribution in [0.1, 0.15) is 50.6 Å². The molecule has 1 aliphatic rings. The molecule has 1 amide bonds. The third kappa shape index (κ3) is 5.39. The molecule has 1 N–H and O–H groups in total. The van der Waals surface area contributed by atoms with E-state index in [0.29, 0.717) is 30.9 Å². The third-order valence-corrected chi connectivity index (χ3v) is 7.38. The summed E-state index contributed by atoms with van der Waals surface area (Å²) < 4.78 is 39.2. The highest BCUT2D eigenvalue weighted by molar-refractivity contribution is 7.89. The molecule has 0 bridgehead atoms. The van der Waals surface area contributed by atoms with Crippen LogP contribution in [-0.4, -0.2) is 49.5 Å². The first-order valence-electron chi connectivity index (χ1n) is 10.9. The highest BCUT2D eigenvalue weighted by atomic mass is 32.2. The van der Waals surface area contributed by atoms with Crippen LogP contribution in [0.2, 0.25) is 0 Å². The number of amides is 1. The van der Waals surface area contributed by atoms with Crippen LogP contribution in [0, 0.1) is 12.8 Å². The average molecular weight is 462 g/mol. The first-order valence-corrected chi connectivity index (χ1v) is 12.3. The summed E-state index contributed by atoms with van der Waals surface area (Å²) in [5.41, 5.74) is 1.12. The Morgan fingerprint density at radius 3 is 2.62 bits per heavy atom. The molecule has 1 aliphatic heterocycles. The van der Waals surface area contributed by atoms with Gasteiger partial charge in [-0.15, -0.1) is 0 Å². The minimum absolute atomic E-state index is 0.0187. The van der Waals surface area contributed by atoms with Crippen molar-refractivity contribution in [3.05, 3.63) is 41.3 Å². The molecule has 1 aromatic heterocycles. The van der Waals surface area contributed by atoms with Gasteiger partial charge in [-0.2, -0.15) is 4.31 Å². The van der Waals surface area contributed by atoms with E-state index < -0.39 is 10.0 Å². The number of piperidine rings is 1. The number of nitrogens with one attached hydrogen (secondary N) is 1. The standard InChI is InChI=1S/C23H31N3O5S/c1-5-30-20-9-7-6-8-18(20)10-11-21-22(17(4)25-31-21)32(28,29)26-14-12-19(13-15-26)23(27)24-16(2)3/h6-11,16,19H,5,12-15H2,1-4H3,(H,24,27). The highest BCUT2D eigenvalue weighted by Crippen LogP contribution is 2.30. The Morgan fingerprint density at radius 2 is 1.97 bits per heavy atom.